The van der Waals surface area contributed by atoms with Gasteiger partial charge in [-0.05, 0) is 0 Å². The van der Waals surface area contributed by atoms with Crippen LogP contribution in [0.3, 0.4) is 0 Å². The number of rotatable bonds is 5. The Kier molecular flexibility index (Phi) is 5.24. The van der Waals surface area contributed by atoms with E-state index in [-0.39, 0.29) is 0 Å². The van der Waals surface area contributed by atoms with Gasteiger partial charge in [-0.2, -0.15) is 0 Å². The second-order valence-electron chi connectivity index (χ2n) is 2.35. The standard InChI is InChI=1S/C7H19O2P/c1-5-8-10(4,7-3)9-6-2/h10H,5-7H2,1-4H3. The second-order valence-corrected chi connectivity index (χ2v) is 5.91. The Bertz CT molecular complexity index is 79.7. The summed E-state index contributed by atoms with van der Waals surface area (Å²) < 4.78 is 11.1. The summed E-state index contributed by atoms with van der Waals surface area (Å²) in [6.45, 7) is 9.81. The molecule has 2 nitrogen and oxygen atoms in total. The van der Waals surface area contributed by atoms with Crippen molar-refractivity contribution in [2.75, 3.05) is 26.0 Å². The molecule has 0 N–H and O–H groups in total. The molecule has 0 atom stereocenters. The molecule has 0 spiro atoms. The van der Waals surface area contributed by atoms with Gasteiger partial charge in [-0.15, -0.1) is 0 Å². The van der Waals surface area contributed by atoms with E-state index in [0.717, 1.165) is 19.4 Å². The number of hydrogen-bond acceptors (Lipinski definition) is 2. The Morgan fingerprint density at radius 2 is 1.40 bits per heavy atom. The third kappa shape index (κ3) is 3.50. The molecular weight excluding hydrogens is 147 g/mol. The van der Waals surface area contributed by atoms with Crippen molar-refractivity contribution in [3.63, 3.8) is 0 Å². The second kappa shape index (κ2) is 5.06. The van der Waals surface area contributed by atoms with Gasteiger partial charge in [-0.1, -0.05) is 0 Å². The number of hydrogen-bond donors (Lipinski definition) is 0. The maximum atomic E-state index is 5.54. The average molecular weight is 166 g/mol. The van der Waals surface area contributed by atoms with Gasteiger partial charge < -0.3 is 0 Å². The van der Waals surface area contributed by atoms with Crippen LogP contribution in [0, 0.1) is 0 Å². The molecule has 0 aliphatic carbocycles. The van der Waals surface area contributed by atoms with E-state index < -0.39 is 7.72 Å². The van der Waals surface area contributed by atoms with Crippen molar-refractivity contribution in [3.05, 3.63) is 0 Å². The summed E-state index contributed by atoms with van der Waals surface area (Å²) in [5, 5.41) is 0. The Morgan fingerprint density at radius 3 is 1.60 bits per heavy atom. The summed E-state index contributed by atoms with van der Waals surface area (Å²) in [4.78, 5) is 0. The normalized spacial score (nSPS) is 13.6. The van der Waals surface area contributed by atoms with Crippen molar-refractivity contribution < 1.29 is 9.05 Å². The van der Waals surface area contributed by atoms with E-state index in [0.29, 0.717) is 0 Å². The van der Waals surface area contributed by atoms with Gasteiger partial charge in [0.2, 0.25) is 0 Å². The zero-order chi connectivity index (χ0) is 8.04. The first-order chi connectivity index (χ1) is 4.68. The van der Waals surface area contributed by atoms with E-state index in [1.54, 1.807) is 0 Å². The minimum atomic E-state index is -1.72. The van der Waals surface area contributed by atoms with Crippen molar-refractivity contribution in [3.8, 4) is 0 Å². The van der Waals surface area contributed by atoms with Crippen molar-refractivity contribution in [1.82, 2.24) is 0 Å². The van der Waals surface area contributed by atoms with Crippen molar-refractivity contribution >= 4 is 7.72 Å². The van der Waals surface area contributed by atoms with E-state index in [4.69, 9.17) is 9.05 Å². The van der Waals surface area contributed by atoms with E-state index in [1.165, 1.54) is 0 Å². The van der Waals surface area contributed by atoms with Crippen LogP contribution in [-0.2, 0) is 9.05 Å². The van der Waals surface area contributed by atoms with Gasteiger partial charge in [-0.25, -0.2) is 0 Å². The fourth-order valence-electron chi connectivity index (χ4n) is 0.856. The van der Waals surface area contributed by atoms with Crippen LogP contribution in [0.2, 0.25) is 0 Å². The van der Waals surface area contributed by atoms with Crippen molar-refractivity contribution in [2.45, 2.75) is 20.8 Å². The summed E-state index contributed by atoms with van der Waals surface area (Å²) in [6, 6.07) is 0. The molecule has 0 unspecified atom stereocenters. The Hall–Kier alpha value is 0.350. The van der Waals surface area contributed by atoms with E-state index in [9.17, 15) is 0 Å². The van der Waals surface area contributed by atoms with Crippen molar-refractivity contribution in [1.29, 1.82) is 0 Å². The molecule has 10 heavy (non-hydrogen) atoms. The van der Waals surface area contributed by atoms with E-state index in [2.05, 4.69) is 13.6 Å². The third-order valence-electron chi connectivity index (χ3n) is 1.54. The van der Waals surface area contributed by atoms with Crippen molar-refractivity contribution in [2.24, 2.45) is 0 Å². The van der Waals surface area contributed by atoms with Gasteiger partial charge >= 0.3 is 63.6 Å². The summed E-state index contributed by atoms with van der Waals surface area (Å²) in [5.74, 6) is 0. The average Bonchev–Trinajstić information content (AvgIpc) is 1.89. The van der Waals surface area contributed by atoms with Crippen LogP contribution in [0.1, 0.15) is 20.8 Å². The molecule has 0 aliphatic rings. The van der Waals surface area contributed by atoms with Crippen LogP contribution in [0.15, 0.2) is 0 Å². The van der Waals surface area contributed by atoms with Gasteiger partial charge in [0.1, 0.15) is 0 Å². The topological polar surface area (TPSA) is 18.5 Å². The Morgan fingerprint density at radius 1 is 1.00 bits per heavy atom. The van der Waals surface area contributed by atoms with Gasteiger partial charge in [0.05, 0.1) is 0 Å². The fourth-order valence-corrected chi connectivity index (χ4v) is 2.57. The zero-order valence-corrected chi connectivity index (χ0v) is 8.44. The Labute approximate surface area is 64.4 Å². The van der Waals surface area contributed by atoms with Crippen LogP contribution in [0.4, 0.5) is 0 Å². The molecule has 0 saturated heterocycles. The van der Waals surface area contributed by atoms with Crippen LogP contribution in [-0.4, -0.2) is 26.0 Å². The van der Waals surface area contributed by atoms with Crippen LogP contribution in [0.5, 0.6) is 0 Å². The van der Waals surface area contributed by atoms with Gasteiger partial charge in [0, 0.05) is 0 Å². The molecule has 0 saturated carbocycles. The molecule has 0 aromatic carbocycles. The molecule has 0 rings (SSSR count). The molecule has 0 amide bonds. The van der Waals surface area contributed by atoms with Crippen LogP contribution in [0.25, 0.3) is 0 Å². The molecule has 0 fully saturated rings. The van der Waals surface area contributed by atoms with Crippen LogP contribution < -0.4 is 0 Å². The molecule has 64 valence electrons. The Balaban J connectivity index is 3.69. The van der Waals surface area contributed by atoms with Gasteiger partial charge in [-0.3, -0.25) is 0 Å². The summed E-state index contributed by atoms with van der Waals surface area (Å²) in [7, 11) is -1.72. The maximum absolute atomic E-state index is 5.54. The van der Waals surface area contributed by atoms with E-state index in [1.807, 2.05) is 13.8 Å². The zero-order valence-electron chi connectivity index (χ0n) is 7.44. The van der Waals surface area contributed by atoms with E-state index >= 15 is 0 Å². The molecule has 3 heteroatoms. The quantitative estimate of drug-likeness (QED) is 0.583. The molecular formula is C7H19O2P. The minimum absolute atomic E-state index is 0.774. The molecule has 0 radical (unpaired) electrons. The molecule has 0 aromatic heterocycles. The first-order valence-electron chi connectivity index (χ1n) is 3.96. The molecule has 0 heterocycles. The van der Waals surface area contributed by atoms with Gasteiger partial charge in [0.15, 0.2) is 0 Å². The van der Waals surface area contributed by atoms with Crippen LogP contribution >= 0.6 is 7.72 Å². The first kappa shape index (κ1) is 10.3. The summed E-state index contributed by atoms with van der Waals surface area (Å²) in [6.07, 6.45) is 1.04. The predicted octanol–water partition coefficient (Wildman–Crippen LogP) is 2.29. The molecule has 0 bridgehead atoms. The summed E-state index contributed by atoms with van der Waals surface area (Å²) >= 11 is 0. The SMILES string of the molecule is CCO[PH](C)(CC)OCC. The first-order valence-corrected chi connectivity index (χ1v) is 6.48. The van der Waals surface area contributed by atoms with Gasteiger partial charge in [0.25, 0.3) is 0 Å². The molecule has 0 aromatic rings. The predicted molar refractivity (Wildman–Crippen MR) is 48.0 cm³/mol. The monoisotopic (exact) mass is 166 g/mol. The summed E-state index contributed by atoms with van der Waals surface area (Å²) in [5.41, 5.74) is 0. The molecule has 0 aliphatic heterocycles. The third-order valence-corrected chi connectivity index (χ3v) is 4.62. The fraction of sp³-hybridized carbons (Fsp3) is 1.00.